The minimum Gasteiger partial charge on any atom is -0.506 e. The first-order valence-corrected chi connectivity index (χ1v) is 6.56. The Morgan fingerprint density at radius 3 is 3.00 bits per heavy atom. The van der Waals surface area contributed by atoms with Gasteiger partial charge in [-0.3, -0.25) is 4.90 Å². The molecule has 0 radical (unpaired) electrons. The Morgan fingerprint density at radius 1 is 1.39 bits per heavy atom. The Kier molecular flexibility index (Phi) is 2.92. The Hall–Kier alpha value is -1.61. The van der Waals surface area contributed by atoms with E-state index in [1.54, 1.807) is 0 Å². The van der Waals surface area contributed by atoms with Gasteiger partial charge in [0.25, 0.3) is 0 Å². The highest BCUT2D eigenvalue weighted by Crippen LogP contribution is 2.25. The molecule has 1 atom stereocenters. The number of para-hydroxylation sites is 1. The molecular weight excluding hydrogens is 224 g/mol. The number of fused-ring (bicyclic) bond motifs is 1. The number of hydrogen-bond acceptors (Lipinski definition) is 3. The van der Waals surface area contributed by atoms with Crippen molar-refractivity contribution in [1.82, 2.24) is 9.88 Å². The van der Waals surface area contributed by atoms with Crippen molar-refractivity contribution in [2.24, 2.45) is 0 Å². The monoisotopic (exact) mass is 242 g/mol. The second-order valence-corrected chi connectivity index (χ2v) is 5.11. The number of pyridine rings is 1. The average molecular weight is 242 g/mol. The zero-order valence-electron chi connectivity index (χ0n) is 10.6. The van der Waals surface area contributed by atoms with Crippen molar-refractivity contribution >= 4 is 10.9 Å². The van der Waals surface area contributed by atoms with E-state index in [9.17, 15) is 5.11 Å². The molecule has 1 fully saturated rings. The van der Waals surface area contributed by atoms with Crippen LogP contribution < -0.4 is 0 Å². The molecule has 3 rings (SSSR count). The fourth-order valence-corrected chi connectivity index (χ4v) is 2.68. The highest BCUT2D eigenvalue weighted by atomic mass is 16.3. The predicted octanol–water partition coefficient (Wildman–Crippen LogP) is 2.92. The molecule has 0 saturated carbocycles. The normalized spacial score (nSPS) is 20.6. The van der Waals surface area contributed by atoms with Crippen LogP contribution in [-0.2, 0) is 6.54 Å². The Bertz CT molecular complexity index is 567. The van der Waals surface area contributed by atoms with E-state index in [0.717, 1.165) is 29.7 Å². The second kappa shape index (κ2) is 4.58. The van der Waals surface area contributed by atoms with Crippen molar-refractivity contribution in [2.75, 3.05) is 6.54 Å². The van der Waals surface area contributed by atoms with Gasteiger partial charge in [-0.2, -0.15) is 0 Å². The summed E-state index contributed by atoms with van der Waals surface area (Å²) in [7, 11) is 0. The Morgan fingerprint density at radius 2 is 2.22 bits per heavy atom. The molecule has 1 aliphatic heterocycles. The van der Waals surface area contributed by atoms with Crippen LogP contribution in [0.2, 0.25) is 0 Å². The minimum absolute atomic E-state index is 0.313. The summed E-state index contributed by atoms with van der Waals surface area (Å²) >= 11 is 0. The molecule has 1 N–H and O–H groups in total. The van der Waals surface area contributed by atoms with E-state index in [1.165, 1.54) is 12.8 Å². The summed E-state index contributed by atoms with van der Waals surface area (Å²) in [6, 6.07) is 10.3. The molecule has 18 heavy (non-hydrogen) atoms. The van der Waals surface area contributed by atoms with Gasteiger partial charge in [0, 0.05) is 18.0 Å². The van der Waals surface area contributed by atoms with E-state index in [4.69, 9.17) is 0 Å². The van der Waals surface area contributed by atoms with Crippen molar-refractivity contribution in [3.63, 3.8) is 0 Å². The molecule has 0 bridgehead atoms. The van der Waals surface area contributed by atoms with Crippen molar-refractivity contribution in [1.29, 1.82) is 0 Å². The zero-order valence-corrected chi connectivity index (χ0v) is 10.6. The third kappa shape index (κ3) is 2.06. The number of likely N-dealkylation sites (tertiary alicyclic amines) is 1. The molecule has 0 unspecified atom stereocenters. The fourth-order valence-electron chi connectivity index (χ4n) is 2.68. The molecule has 1 aliphatic rings. The maximum absolute atomic E-state index is 10.1. The van der Waals surface area contributed by atoms with Crippen molar-refractivity contribution in [3.05, 3.63) is 36.0 Å². The third-order valence-electron chi connectivity index (χ3n) is 3.82. The maximum Gasteiger partial charge on any atom is 0.139 e. The summed E-state index contributed by atoms with van der Waals surface area (Å²) in [5, 5.41) is 11.1. The summed E-state index contributed by atoms with van der Waals surface area (Å²) in [5.74, 6) is 0.313. The van der Waals surface area contributed by atoms with Crippen LogP contribution in [0.5, 0.6) is 5.75 Å². The lowest BCUT2D eigenvalue weighted by Crippen LogP contribution is -2.26. The highest BCUT2D eigenvalue weighted by Gasteiger charge is 2.21. The van der Waals surface area contributed by atoms with E-state index in [2.05, 4.69) is 16.8 Å². The average Bonchev–Trinajstić information content (AvgIpc) is 2.76. The molecule has 0 spiro atoms. The van der Waals surface area contributed by atoms with Crippen LogP contribution in [0.25, 0.3) is 10.9 Å². The fraction of sp³-hybridized carbons (Fsp3) is 0.400. The van der Waals surface area contributed by atoms with Gasteiger partial charge in [-0.05, 0) is 38.4 Å². The summed E-state index contributed by atoms with van der Waals surface area (Å²) in [5.41, 5.74) is 1.75. The standard InChI is InChI=1S/C15H18N2O/c1-11-5-4-8-17(11)10-14-15(18)9-12-6-2-3-7-13(12)16-14/h2-3,6-7,9,11,18H,4-5,8,10H2,1H3/t11-/m1/s1. The number of rotatable bonds is 2. The SMILES string of the molecule is C[C@@H]1CCCN1Cc1nc2ccccc2cc1O. The first-order valence-electron chi connectivity index (χ1n) is 6.56. The van der Waals surface area contributed by atoms with Gasteiger partial charge in [0.15, 0.2) is 0 Å². The molecule has 3 heteroatoms. The summed E-state index contributed by atoms with van der Waals surface area (Å²) in [6.07, 6.45) is 2.49. The molecule has 1 aromatic heterocycles. The van der Waals surface area contributed by atoms with E-state index in [1.807, 2.05) is 30.3 Å². The van der Waals surface area contributed by atoms with Gasteiger partial charge < -0.3 is 5.11 Å². The van der Waals surface area contributed by atoms with Gasteiger partial charge in [-0.15, -0.1) is 0 Å². The number of nitrogens with zero attached hydrogens (tertiary/aromatic N) is 2. The Labute approximate surface area is 107 Å². The first-order chi connectivity index (χ1) is 8.74. The van der Waals surface area contributed by atoms with Crippen LogP contribution >= 0.6 is 0 Å². The molecule has 3 nitrogen and oxygen atoms in total. The van der Waals surface area contributed by atoms with Gasteiger partial charge in [0.05, 0.1) is 11.2 Å². The van der Waals surface area contributed by atoms with Crippen molar-refractivity contribution in [2.45, 2.75) is 32.4 Å². The lowest BCUT2D eigenvalue weighted by Gasteiger charge is -2.20. The number of benzene rings is 1. The van der Waals surface area contributed by atoms with Crippen LogP contribution in [0, 0.1) is 0 Å². The molecule has 2 aromatic rings. The van der Waals surface area contributed by atoms with Gasteiger partial charge >= 0.3 is 0 Å². The van der Waals surface area contributed by atoms with Crippen molar-refractivity contribution in [3.8, 4) is 5.75 Å². The van der Waals surface area contributed by atoms with Crippen LogP contribution in [0.1, 0.15) is 25.5 Å². The van der Waals surface area contributed by atoms with Crippen LogP contribution in [0.3, 0.4) is 0 Å². The number of aromatic hydroxyl groups is 1. The Balaban J connectivity index is 1.93. The second-order valence-electron chi connectivity index (χ2n) is 5.11. The van der Waals surface area contributed by atoms with E-state index in [0.29, 0.717) is 11.8 Å². The van der Waals surface area contributed by atoms with Crippen LogP contribution in [0.4, 0.5) is 0 Å². The lowest BCUT2D eigenvalue weighted by atomic mass is 10.2. The van der Waals surface area contributed by atoms with Gasteiger partial charge in [0.2, 0.25) is 0 Å². The third-order valence-corrected chi connectivity index (χ3v) is 3.82. The van der Waals surface area contributed by atoms with Gasteiger partial charge in [-0.25, -0.2) is 4.98 Å². The molecule has 0 aliphatic carbocycles. The van der Waals surface area contributed by atoms with E-state index < -0.39 is 0 Å². The first kappa shape index (κ1) is 11.5. The maximum atomic E-state index is 10.1. The van der Waals surface area contributed by atoms with Crippen LogP contribution in [-0.4, -0.2) is 27.6 Å². The number of hydrogen-bond donors (Lipinski definition) is 1. The van der Waals surface area contributed by atoms with Gasteiger partial charge in [-0.1, -0.05) is 18.2 Å². The molecule has 0 amide bonds. The van der Waals surface area contributed by atoms with Crippen LogP contribution in [0.15, 0.2) is 30.3 Å². The molecule has 1 aromatic carbocycles. The molecule has 94 valence electrons. The summed E-state index contributed by atoms with van der Waals surface area (Å²) in [6.45, 7) is 4.10. The highest BCUT2D eigenvalue weighted by molar-refractivity contribution is 5.80. The molecule has 2 heterocycles. The van der Waals surface area contributed by atoms with E-state index >= 15 is 0 Å². The number of aromatic nitrogens is 1. The zero-order chi connectivity index (χ0) is 12.5. The predicted molar refractivity (Wildman–Crippen MR) is 72.5 cm³/mol. The smallest absolute Gasteiger partial charge is 0.139 e. The topological polar surface area (TPSA) is 36.4 Å². The summed E-state index contributed by atoms with van der Waals surface area (Å²) in [4.78, 5) is 6.97. The van der Waals surface area contributed by atoms with Crippen molar-refractivity contribution < 1.29 is 5.11 Å². The van der Waals surface area contributed by atoms with E-state index in [-0.39, 0.29) is 0 Å². The van der Waals surface area contributed by atoms with Gasteiger partial charge in [0.1, 0.15) is 5.75 Å². The molecule has 1 saturated heterocycles. The minimum atomic E-state index is 0.313. The quantitative estimate of drug-likeness (QED) is 0.879. The molecular formula is C15H18N2O. The lowest BCUT2D eigenvalue weighted by molar-refractivity contribution is 0.253. The summed E-state index contributed by atoms with van der Waals surface area (Å²) < 4.78 is 0. The largest absolute Gasteiger partial charge is 0.506 e.